The lowest BCUT2D eigenvalue weighted by Gasteiger charge is -2.37. The number of nitrogens with one attached hydrogen (secondary N) is 1. The maximum Gasteiger partial charge on any atom is 0.253 e. The van der Waals surface area contributed by atoms with Crippen LogP contribution < -0.4 is 5.32 Å². The Balaban J connectivity index is 1.57. The molecule has 152 valence electrons. The number of halogens is 1. The minimum absolute atomic E-state index is 0.0595. The van der Waals surface area contributed by atoms with Crippen molar-refractivity contribution in [1.82, 2.24) is 4.90 Å². The molecule has 3 aromatic carbocycles. The second-order valence-electron chi connectivity index (χ2n) is 7.61. The van der Waals surface area contributed by atoms with E-state index in [4.69, 9.17) is 11.6 Å². The van der Waals surface area contributed by atoms with Gasteiger partial charge < -0.3 is 10.2 Å². The van der Waals surface area contributed by atoms with E-state index in [0.29, 0.717) is 30.1 Å². The molecule has 30 heavy (non-hydrogen) atoms. The number of amides is 2. The van der Waals surface area contributed by atoms with E-state index >= 15 is 0 Å². The molecule has 0 spiro atoms. The van der Waals surface area contributed by atoms with E-state index in [9.17, 15) is 9.59 Å². The highest BCUT2D eigenvalue weighted by Gasteiger charge is 2.34. The molecule has 1 N–H and O–H groups in total. The van der Waals surface area contributed by atoms with Gasteiger partial charge in [0.05, 0.1) is 5.92 Å². The van der Waals surface area contributed by atoms with E-state index < -0.39 is 0 Å². The predicted molar refractivity (Wildman–Crippen MR) is 120 cm³/mol. The van der Waals surface area contributed by atoms with Crippen LogP contribution in [0.1, 0.15) is 28.3 Å². The molecular formula is C25H23ClN2O2. The van der Waals surface area contributed by atoms with Crippen LogP contribution in [0.2, 0.25) is 5.02 Å². The summed E-state index contributed by atoms with van der Waals surface area (Å²) in [6.45, 7) is 0.976. The molecule has 0 aliphatic carbocycles. The molecule has 0 bridgehead atoms. The SMILES string of the molecule is O=C(Nc1ccccc1)[C@H]1C[C@H](c2ccccc2)CN(C(=O)c2ccc(Cl)cc2)C1. The minimum Gasteiger partial charge on any atom is -0.337 e. The molecule has 2 amide bonds. The maximum absolute atomic E-state index is 13.2. The Hall–Kier alpha value is -3.11. The largest absolute Gasteiger partial charge is 0.337 e. The Kier molecular flexibility index (Phi) is 6.15. The van der Waals surface area contributed by atoms with Gasteiger partial charge in [0.2, 0.25) is 5.91 Å². The Morgan fingerprint density at radius 2 is 1.47 bits per heavy atom. The van der Waals surface area contributed by atoms with Crippen molar-refractivity contribution in [2.45, 2.75) is 12.3 Å². The number of likely N-dealkylation sites (tertiary alicyclic amines) is 1. The summed E-state index contributed by atoms with van der Waals surface area (Å²) < 4.78 is 0. The van der Waals surface area contributed by atoms with Crippen LogP contribution in [-0.4, -0.2) is 29.8 Å². The lowest BCUT2D eigenvalue weighted by molar-refractivity contribution is -0.121. The first kappa shape index (κ1) is 20.2. The third kappa shape index (κ3) is 4.71. The quantitative estimate of drug-likeness (QED) is 0.631. The summed E-state index contributed by atoms with van der Waals surface area (Å²) in [5.41, 5.74) is 2.49. The summed E-state index contributed by atoms with van der Waals surface area (Å²) in [6, 6.07) is 26.4. The predicted octanol–water partition coefficient (Wildman–Crippen LogP) is 5.22. The lowest BCUT2D eigenvalue weighted by atomic mass is 9.83. The number of hydrogen-bond donors (Lipinski definition) is 1. The minimum atomic E-state index is -0.291. The van der Waals surface area contributed by atoms with Crippen molar-refractivity contribution >= 4 is 29.1 Å². The zero-order valence-corrected chi connectivity index (χ0v) is 17.3. The first-order valence-electron chi connectivity index (χ1n) is 10.1. The number of carbonyl (C=O) groups excluding carboxylic acids is 2. The molecule has 1 saturated heterocycles. The van der Waals surface area contributed by atoms with Gasteiger partial charge in [0.1, 0.15) is 0 Å². The summed E-state index contributed by atoms with van der Waals surface area (Å²) in [4.78, 5) is 28.0. The van der Waals surface area contributed by atoms with Crippen molar-refractivity contribution in [3.63, 3.8) is 0 Å². The van der Waals surface area contributed by atoms with Crippen LogP contribution in [0.4, 0.5) is 5.69 Å². The Bertz CT molecular complexity index is 1010. The zero-order chi connectivity index (χ0) is 20.9. The average molecular weight is 419 g/mol. The molecule has 2 atom stereocenters. The van der Waals surface area contributed by atoms with Crippen molar-refractivity contribution in [2.24, 2.45) is 5.92 Å². The van der Waals surface area contributed by atoms with Crippen molar-refractivity contribution in [2.75, 3.05) is 18.4 Å². The van der Waals surface area contributed by atoms with Gasteiger partial charge in [-0.2, -0.15) is 0 Å². The number of para-hydroxylation sites is 1. The van der Waals surface area contributed by atoms with Crippen LogP contribution in [0, 0.1) is 5.92 Å². The second-order valence-corrected chi connectivity index (χ2v) is 8.05. The summed E-state index contributed by atoms with van der Waals surface area (Å²) in [5.74, 6) is -0.330. The number of benzene rings is 3. The Morgan fingerprint density at radius 3 is 2.13 bits per heavy atom. The van der Waals surface area contributed by atoms with Crippen LogP contribution >= 0.6 is 11.6 Å². The molecule has 3 aromatic rings. The molecule has 4 nitrogen and oxygen atoms in total. The van der Waals surface area contributed by atoms with Crippen molar-refractivity contribution < 1.29 is 9.59 Å². The van der Waals surface area contributed by atoms with Gasteiger partial charge in [-0.25, -0.2) is 0 Å². The summed E-state index contributed by atoms with van der Waals surface area (Å²) >= 11 is 5.97. The van der Waals surface area contributed by atoms with Crippen LogP contribution in [-0.2, 0) is 4.79 Å². The van der Waals surface area contributed by atoms with Crippen LogP contribution in [0.5, 0.6) is 0 Å². The first-order chi connectivity index (χ1) is 14.6. The van der Waals surface area contributed by atoms with Gasteiger partial charge in [-0.15, -0.1) is 0 Å². The molecule has 5 heteroatoms. The summed E-state index contributed by atoms with van der Waals surface area (Å²) in [5, 5.41) is 3.59. The van der Waals surface area contributed by atoms with Crippen LogP contribution in [0.15, 0.2) is 84.9 Å². The second kappa shape index (κ2) is 9.14. The molecule has 4 rings (SSSR count). The Labute approximate surface area is 181 Å². The number of hydrogen-bond acceptors (Lipinski definition) is 2. The number of rotatable bonds is 4. The van der Waals surface area contributed by atoms with E-state index in [1.807, 2.05) is 48.5 Å². The van der Waals surface area contributed by atoms with E-state index in [1.54, 1.807) is 29.2 Å². The highest BCUT2D eigenvalue weighted by atomic mass is 35.5. The van der Waals surface area contributed by atoms with Gasteiger partial charge in [-0.3, -0.25) is 9.59 Å². The van der Waals surface area contributed by atoms with Gasteiger partial charge >= 0.3 is 0 Å². The van der Waals surface area contributed by atoms with Gasteiger partial charge in [-0.05, 0) is 48.4 Å². The third-order valence-electron chi connectivity index (χ3n) is 5.51. The fourth-order valence-corrected chi connectivity index (χ4v) is 4.09. The zero-order valence-electron chi connectivity index (χ0n) is 16.5. The number of piperidine rings is 1. The number of nitrogens with zero attached hydrogens (tertiary/aromatic N) is 1. The highest BCUT2D eigenvalue weighted by molar-refractivity contribution is 6.30. The van der Waals surface area contributed by atoms with E-state index in [1.165, 1.54) is 0 Å². The first-order valence-corrected chi connectivity index (χ1v) is 10.4. The topological polar surface area (TPSA) is 49.4 Å². The summed E-state index contributed by atoms with van der Waals surface area (Å²) in [7, 11) is 0. The molecule has 1 aliphatic heterocycles. The van der Waals surface area contributed by atoms with Gasteiger partial charge in [0, 0.05) is 35.3 Å². The van der Waals surface area contributed by atoms with Crippen molar-refractivity contribution in [3.8, 4) is 0 Å². The van der Waals surface area contributed by atoms with Crippen LogP contribution in [0.3, 0.4) is 0 Å². The Morgan fingerprint density at radius 1 is 0.833 bits per heavy atom. The third-order valence-corrected chi connectivity index (χ3v) is 5.76. The number of anilines is 1. The summed E-state index contributed by atoms with van der Waals surface area (Å²) in [6.07, 6.45) is 0.701. The fraction of sp³-hybridized carbons (Fsp3) is 0.200. The van der Waals surface area contributed by atoms with Crippen LogP contribution in [0.25, 0.3) is 0 Å². The molecule has 1 aliphatic rings. The average Bonchev–Trinajstić information content (AvgIpc) is 2.80. The maximum atomic E-state index is 13.2. The molecular weight excluding hydrogens is 396 g/mol. The highest BCUT2D eigenvalue weighted by Crippen LogP contribution is 2.32. The van der Waals surface area contributed by atoms with Crippen molar-refractivity contribution in [1.29, 1.82) is 0 Å². The molecule has 0 saturated carbocycles. The van der Waals surface area contributed by atoms with E-state index in [0.717, 1.165) is 11.3 Å². The molecule has 0 unspecified atom stereocenters. The van der Waals surface area contributed by atoms with Crippen molar-refractivity contribution in [3.05, 3.63) is 101 Å². The molecule has 1 fully saturated rings. The smallest absolute Gasteiger partial charge is 0.253 e. The van der Waals surface area contributed by atoms with Gasteiger partial charge in [-0.1, -0.05) is 60.1 Å². The standard InChI is InChI=1S/C25H23ClN2O2/c26-22-13-11-19(12-14-22)25(30)28-16-20(18-7-3-1-4-8-18)15-21(17-28)24(29)27-23-9-5-2-6-10-23/h1-14,20-21H,15-17H2,(H,27,29)/t20-,21-/m0/s1. The number of carbonyl (C=O) groups is 2. The van der Waals surface area contributed by atoms with E-state index in [2.05, 4.69) is 17.4 Å². The lowest BCUT2D eigenvalue weighted by Crippen LogP contribution is -2.46. The van der Waals surface area contributed by atoms with Gasteiger partial charge in [0.15, 0.2) is 0 Å². The fourth-order valence-electron chi connectivity index (χ4n) is 3.96. The van der Waals surface area contributed by atoms with Gasteiger partial charge in [0.25, 0.3) is 5.91 Å². The van der Waals surface area contributed by atoms with E-state index in [-0.39, 0.29) is 23.7 Å². The molecule has 0 aromatic heterocycles. The normalized spacial score (nSPS) is 18.6. The monoisotopic (exact) mass is 418 g/mol. The molecule has 0 radical (unpaired) electrons. The molecule has 1 heterocycles.